The molecule has 2 amide bonds. The zero-order valence-electron chi connectivity index (χ0n) is 15.9. The Bertz CT molecular complexity index is 774. The van der Waals surface area contributed by atoms with Gasteiger partial charge >= 0.3 is 0 Å². The lowest BCUT2D eigenvalue weighted by molar-refractivity contribution is -0.129. The van der Waals surface area contributed by atoms with Crippen LogP contribution >= 0.6 is 0 Å². The second kappa shape index (κ2) is 8.77. The Labute approximate surface area is 159 Å². The molecule has 2 heterocycles. The molecule has 0 unspecified atom stereocenters. The third kappa shape index (κ3) is 5.13. The van der Waals surface area contributed by atoms with E-state index in [1.807, 2.05) is 30.3 Å². The average Bonchev–Trinajstić information content (AvgIpc) is 3.00. The second-order valence-corrected chi connectivity index (χ2v) is 7.00. The van der Waals surface area contributed by atoms with Crippen LogP contribution in [0.5, 0.6) is 0 Å². The van der Waals surface area contributed by atoms with Crippen LogP contribution in [0, 0.1) is 0 Å². The van der Waals surface area contributed by atoms with Crippen molar-refractivity contribution in [2.45, 2.75) is 13.0 Å². The van der Waals surface area contributed by atoms with E-state index >= 15 is 0 Å². The smallest absolute Gasteiger partial charge is 0.276 e. The maximum atomic E-state index is 12.8. The number of hydrogen-bond acceptors (Lipinski definition) is 5. The Morgan fingerprint density at radius 2 is 1.85 bits per heavy atom. The molecular formula is C19H26N6O2. The minimum absolute atomic E-state index is 0.0821. The minimum atomic E-state index is -0.102. The maximum Gasteiger partial charge on any atom is 0.276 e. The van der Waals surface area contributed by atoms with Crippen LogP contribution in [0.25, 0.3) is 0 Å². The Balaban J connectivity index is 1.57. The molecule has 8 heteroatoms. The summed E-state index contributed by atoms with van der Waals surface area (Å²) in [6.07, 6.45) is 2.54. The molecule has 3 rings (SSSR count). The molecule has 0 spiro atoms. The Kier molecular flexibility index (Phi) is 6.18. The standard InChI is InChI=1S/C19H26N6O2/c1-22(2)18(26)15-23-9-6-10-24(12-11-23)19(27)17-14-25(21-20-17)13-16-7-4-3-5-8-16/h3-5,7-8,14H,6,9-13,15H2,1-2H3. The van der Waals surface area contributed by atoms with Gasteiger partial charge in [0.2, 0.25) is 5.91 Å². The van der Waals surface area contributed by atoms with Crippen molar-refractivity contribution in [3.63, 3.8) is 0 Å². The number of rotatable bonds is 5. The van der Waals surface area contributed by atoms with Crippen molar-refractivity contribution in [1.29, 1.82) is 0 Å². The van der Waals surface area contributed by atoms with Crippen LogP contribution in [-0.2, 0) is 11.3 Å². The average molecular weight is 370 g/mol. The molecule has 0 aliphatic carbocycles. The molecule has 1 fully saturated rings. The number of carbonyl (C=O) groups excluding carboxylic acids is 2. The number of aromatic nitrogens is 3. The van der Waals surface area contributed by atoms with Gasteiger partial charge in [-0.25, -0.2) is 4.68 Å². The fourth-order valence-corrected chi connectivity index (χ4v) is 3.07. The highest BCUT2D eigenvalue weighted by molar-refractivity contribution is 5.92. The van der Waals surface area contributed by atoms with Crippen LogP contribution < -0.4 is 0 Å². The van der Waals surface area contributed by atoms with Crippen molar-refractivity contribution in [3.8, 4) is 0 Å². The van der Waals surface area contributed by atoms with Gasteiger partial charge in [-0.2, -0.15) is 0 Å². The predicted molar refractivity (Wildman–Crippen MR) is 101 cm³/mol. The lowest BCUT2D eigenvalue weighted by Crippen LogP contribution is -2.39. The molecule has 1 aliphatic rings. The van der Waals surface area contributed by atoms with E-state index in [9.17, 15) is 9.59 Å². The second-order valence-electron chi connectivity index (χ2n) is 7.00. The van der Waals surface area contributed by atoms with Crippen LogP contribution in [0.1, 0.15) is 22.5 Å². The van der Waals surface area contributed by atoms with Gasteiger partial charge in [0.1, 0.15) is 0 Å². The summed E-state index contributed by atoms with van der Waals surface area (Å²) < 4.78 is 1.68. The molecule has 1 aromatic heterocycles. The number of likely N-dealkylation sites (N-methyl/N-ethyl adjacent to an activating group) is 1. The van der Waals surface area contributed by atoms with Crippen molar-refractivity contribution in [2.24, 2.45) is 0 Å². The number of carbonyl (C=O) groups is 2. The summed E-state index contributed by atoms with van der Waals surface area (Å²) >= 11 is 0. The van der Waals surface area contributed by atoms with Crippen molar-refractivity contribution < 1.29 is 9.59 Å². The summed E-state index contributed by atoms with van der Waals surface area (Å²) in [5.74, 6) is -0.0197. The third-order valence-electron chi connectivity index (χ3n) is 4.68. The van der Waals surface area contributed by atoms with Gasteiger partial charge in [0.25, 0.3) is 5.91 Å². The van der Waals surface area contributed by atoms with Gasteiger partial charge in [-0.15, -0.1) is 5.10 Å². The van der Waals surface area contributed by atoms with Gasteiger partial charge in [-0.3, -0.25) is 14.5 Å². The van der Waals surface area contributed by atoms with Crippen molar-refractivity contribution in [3.05, 3.63) is 47.8 Å². The molecule has 0 atom stereocenters. The van der Waals surface area contributed by atoms with Gasteiger partial charge in [0, 0.05) is 40.3 Å². The van der Waals surface area contributed by atoms with E-state index < -0.39 is 0 Å². The normalized spacial score (nSPS) is 15.4. The molecule has 1 aliphatic heterocycles. The molecule has 0 saturated carbocycles. The quantitative estimate of drug-likeness (QED) is 0.769. The van der Waals surface area contributed by atoms with E-state index in [2.05, 4.69) is 15.2 Å². The Morgan fingerprint density at radius 1 is 1.07 bits per heavy atom. The summed E-state index contributed by atoms with van der Waals surface area (Å²) in [6.45, 7) is 3.72. The number of hydrogen-bond donors (Lipinski definition) is 0. The molecule has 0 bridgehead atoms. The zero-order valence-corrected chi connectivity index (χ0v) is 15.9. The molecule has 2 aromatic rings. The first-order chi connectivity index (χ1) is 13.0. The lowest BCUT2D eigenvalue weighted by atomic mass is 10.2. The molecule has 1 aromatic carbocycles. The molecule has 1 saturated heterocycles. The van der Waals surface area contributed by atoms with E-state index in [0.717, 1.165) is 18.5 Å². The highest BCUT2D eigenvalue weighted by Gasteiger charge is 2.23. The van der Waals surface area contributed by atoms with Crippen molar-refractivity contribution >= 4 is 11.8 Å². The Hall–Kier alpha value is -2.74. The van der Waals surface area contributed by atoms with Crippen molar-refractivity contribution in [1.82, 2.24) is 29.7 Å². The van der Waals surface area contributed by atoms with Crippen LogP contribution in [0.3, 0.4) is 0 Å². The van der Waals surface area contributed by atoms with Crippen molar-refractivity contribution in [2.75, 3.05) is 46.8 Å². The van der Waals surface area contributed by atoms with Gasteiger partial charge < -0.3 is 9.80 Å². The predicted octanol–water partition coefficient (Wildman–Crippen LogP) is 0.563. The van der Waals surface area contributed by atoms with Crippen LogP contribution in [0.15, 0.2) is 36.5 Å². The highest BCUT2D eigenvalue weighted by atomic mass is 16.2. The van der Waals surface area contributed by atoms with Gasteiger partial charge in [-0.05, 0) is 12.0 Å². The first-order valence-corrected chi connectivity index (χ1v) is 9.19. The number of nitrogens with zero attached hydrogens (tertiary/aromatic N) is 6. The summed E-state index contributed by atoms with van der Waals surface area (Å²) in [5.41, 5.74) is 1.47. The molecular weight excluding hydrogens is 344 g/mol. The van der Waals surface area contributed by atoms with Gasteiger partial charge in [0.15, 0.2) is 5.69 Å². The van der Waals surface area contributed by atoms with Gasteiger partial charge in [0.05, 0.1) is 19.3 Å². The van der Waals surface area contributed by atoms with E-state index in [1.54, 1.807) is 34.8 Å². The molecule has 27 heavy (non-hydrogen) atoms. The topological polar surface area (TPSA) is 74.6 Å². The first-order valence-electron chi connectivity index (χ1n) is 9.19. The largest absolute Gasteiger partial charge is 0.348 e. The van der Waals surface area contributed by atoms with Crippen LogP contribution in [0.2, 0.25) is 0 Å². The number of amides is 2. The Morgan fingerprint density at radius 3 is 2.59 bits per heavy atom. The van der Waals surface area contributed by atoms with E-state index in [4.69, 9.17) is 0 Å². The van der Waals surface area contributed by atoms with E-state index in [-0.39, 0.29) is 11.8 Å². The molecule has 144 valence electrons. The zero-order chi connectivity index (χ0) is 19.2. The van der Waals surface area contributed by atoms with Crippen LogP contribution in [0.4, 0.5) is 0 Å². The highest BCUT2D eigenvalue weighted by Crippen LogP contribution is 2.09. The molecule has 0 N–H and O–H groups in total. The summed E-state index contributed by atoms with van der Waals surface area (Å²) in [5, 5.41) is 8.14. The van der Waals surface area contributed by atoms with Crippen LogP contribution in [-0.4, -0.2) is 88.3 Å². The van der Waals surface area contributed by atoms with E-state index in [0.29, 0.717) is 38.4 Å². The fraction of sp³-hybridized carbons (Fsp3) is 0.474. The first kappa shape index (κ1) is 19.0. The maximum absolute atomic E-state index is 12.8. The van der Waals surface area contributed by atoms with Gasteiger partial charge in [-0.1, -0.05) is 35.5 Å². The fourth-order valence-electron chi connectivity index (χ4n) is 3.07. The molecule has 8 nitrogen and oxygen atoms in total. The minimum Gasteiger partial charge on any atom is -0.348 e. The summed E-state index contributed by atoms with van der Waals surface area (Å²) in [4.78, 5) is 30.2. The summed E-state index contributed by atoms with van der Waals surface area (Å²) in [6, 6.07) is 9.95. The monoisotopic (exact) mass is 370 g/mol. The molecule has 0 radical (unpaired) electrons. The number of benzene rings is 1. The SMILES string of the molecule is CN(C)C(=O)CN1CCCN(C(=O)c2cn(Cc3ccccc3)nn2)CC1. The van der Waals surface area contributed by atoms with E-state index in [1.165, 1.54) is 0 Å². The summed E-state index contributed by atoms with van der Waals surface area (Å²) in [7, 11) is 3.52. The third-order valence-corrected chi connectivity index (χ3v) is 4.68. The lowest BCUT2D eigenvalue weighted by Gasteiger charge is -2.22.